The van der Waals surface area contributed by atoms with E-state index in [1.807, 2.05) is 0 Å². The maximum Gasteiger partial charge on any atom is 0.344 e. The van der Waals surface area contributed by atoms with Gasteiger partial charge in [-0.1, -0.05) is 6.07 Å². The number of carbonyl (C=O) groups is 3. The molecule has 0 saturated carbocycles. The van der Waals surface area contributed by atoms with E-state index in [2.05, 4.69) is 43.8 Å². The summed E-state index contributed by atoms with van der Waals surface area (Å²) in [6.45, 7) is 5.11. The lowest BCUT2D eigenvalue weighted by molar-refractivity contribution is -0.145. The summed E-state index contributed by atoms with van der Waals surface area (Å²) < 4.78 is 33.2. The largest absolute Gasteiger partial charge is 0.493 e. The Labute approximate surface area is 268 Å². The van der Waals surface area contributed by atoms with Crippen molar-refractivity contribution < 1.29 is 47.9 Å². The summed E-state index contributed by atoms with van der Waals surface area (Å²) in [5.41, 5.74) is 4.26. The molecule has 15 heteroatoms. The number of hydrogen-bond acceptors (Lipinski definition) is 12. The van der Waals surface area contributed by atoms with Crippen LogP contribution in [0.2, 0.25) is 0 Å². The van der Waals surface area contributed by atoms with Gasteiger partial charge in [0.25, 0.3) is 0 Å². The van der Waals surface area contributed by atoms with Crippen LogP contribution in [0.3, 0.4) is 0 Å². The van der Waals surface area contributed by atoms with Crippen molar-refractivity contribution in [3.8, 4) is 23.0 Å². The highest BCUT2D eigenvalue weighted by Gasteiger charge is 2.32. The number of nitrogens with one attached hydrogen (secondary N) is 3. The number of aliphatic hydroxyl groups excluding tert-OH is 1. The molecule has 14 nitrogen and oxygen atoms in total. The Bertz CT molecular complexity index is 1410. The van der Waals surface area contributed by atoms with Gasteiger partial charge >= 0.3 is 18.0 Å². The number of hydrogen-bond donors (Lipinski definition) is 4. The molecule has 0 fully saturated rings. The van der Waals surface area contributed by atoms with Gasteiger partial charge in [0.05, 0.1) is 45.3 Å². The summed E-state index contributed by atoms with van der Waals surface area (Å²) >= 11 is 2.11. The van der Waals surface area contributed by atoms with Crippen LogP contribution in [0.4, 0.5) is 4.79 Å². The first-order chi connectivity index (χ1) is 21.1. The van der Waals surface area contributed by atoms with Crippen LogP contribution in [-0.4, -0.2) is 76.2 Å². The molecule has 0 bridgehead atoms. The zero-order valence-corrected chi connectivity index (χ0v) is 27.1. The Morgan fingerprint density at radius 1 is 1.09 bits per heavy atom. The van der Waals surface area contributed by atoms with E-state index in [1.54, 1.807) is 51.1 Å². The van der Waals surface area contributed by atoms with Gasteiger partial charge in [0.2, 0.25) is 0 Å². The Morgan fingerprint density at radius 2 is 1.86 bits per heavy atom. The molecular weight excluding hydrogens is 691 g/mol. The second kappa shape index (κ2) is 16.6. The molecule has 2 aromatic carbocycles. The van der Waals surface area contributed by atoms with Crippen LogP contribution >= 0.6 is 22.6 Å². The first-order valence-corrected chi connectivity index (χ1v) is 14.6. The van der Waals surface area contributed by atoms with Crippen LogP contribution in [0.15, 0.2) is 46.7 Å². The lowest BCUT2D eigenvalue weighted by atomic mass is 9.95. The van der Waals surface area contributed by atoms with E-state index >= 15 is 0 Å². The SMILES string of the molecule is CCOC(=O)COc1c(/C=N/N[C@H](O)COc2ccc([C@@H]3NC(=O)NC(C)=C3C(=O)OC)cc2OCC)cc(I)cc1OC. The quantitative estimate of drug-likeness (QED) is 0.0699. The third kappa shape index (κ3) is 9.12. The molecule has 238 valence electrons. The number of halogens is 1. The Balaban J connectivity index is 1.71. The molecule has 0 saturated heterocycles. The van der Waals surface area contributed by atoms with E-state index in [0.717, 1.165) is 3.57 Å². The number of benzene rings is 2. The number of carbonyl (C=O) groups excluding carboxylic acids is 3. The Morgan fingerprint density at radius 3 is 2.55 bits per heavy atom. The maximum atomic E-state index is 12.4. The van der Waals surface area contributed by atoms with Crippen molar-refractivity contribution in [2.45, 2.75) is 33.0 Å². The molecular formula is C29H35IN4O10. The zero-order valence-electron chi connectivity index (χ0n) is 24.9. The normalized spacial score (nSPS) is 15.2. The lowest BCUT2D eigenvalue weighted by Crippen LogP contribution is -2.45. The second-order valence-electron chi connectivity index (χ2n) is 9.04. The fourth-order valence-corrected chi connectivity index (χ4v) is 4.76. The average molecular weight is 727 g/mol. The standard InChI is InChI=1S/C29H35IN4O10/c1-6-41-21-11-17(26-25(28(37)40-5)16(3)32-29(38)33-26)8-9-20(21)43-14-23(35)34-31-13-18-10-19(30)12-22(39-4)27(18)44-15-24(36)42-7-2/h8-13,23,26,34-35H,6-7,14-15H2,1-5H3,(H2,32,33,38)/b31-13+/t23-,26+/m1/s1. The molecule has 4 N–H and O–H groups in total. The summed E-state index contributed by atoms with van der Waals surface area (Å²) in [6.07, 6.45) is 0.186. The van der Waals surface area contributed by atoms with Crippen molar-refractivity contribution in [1.82, 2.24) is 16.1 Å². The van der Waals surface area contributed by atoms with E-state index in [0.29, 0.717) is 40.7 Å². The molecule has 1 aliphatic heterocycles. The van der Waals surface area contributed by atoms with Crippen LogP contribution in [0.5, 0.6) is 23.0 Å². The van der Waals surface area contributed by atoms with Gasteiger partial charge < -0.3 is 44.2 Å². The van der Waals surface area contributed by atoms with E-state index in [1.165, 1.54) is 20.4 Å². The van der Waals surface area contributed by atoms with Gasteiger partial charge in [0, 0.05) is 14.8 Å². The minimum atomic E-state index is -1.23. The smallest absolute Gasteiger partial charge is 0.344 e. The second-order valence-corrected chi connectivity index (χ2v) is 10.3. The summed E-state index contributed by atoms with van der Waals surface area (Å²) in [7, 11) is 2.74. The monoisotopic (exact) mass is 726 g/mol. The number of rotatable bonds is 15. The number of amides is 2. The number of esters is 2. The molecule has 1 aliphatic rings. The lowest BCUT2D eigenvalue weighted by Gasteiger charge is -2.28. The summed E-state index contributed by atoms with van der Waals surface area (Å²) in [4.78, 5) is 36.4. The van der Waals surface area contributed by atoms with Gasteiger partial charge in [-0.05, 0) is 73.2 Å². The van der Waals surface area contributed by atoms with Crippen molar-refractivity contribution in [3.05, 3.63) is 56.3 Å². The zero-order chi connectivity index (χ0) is 32.2. The molecule has 0 spiro atoms. The van der Waals surface area contributed by atoms with Crippen molar-refractivity contribution in [2.24, 2.45) is 5.10 Å². The van der Waals surface area contributed by atoms with Crippen molar-refractivity contribution >= 4 is 46.8 Å². The number of aliphatic hydroxyl groups is 1. The van der Waals surface area contributed by atoms with Crippen LogP contribution in [0, 0.1) is 3.57 Å². The predicted molar refractivity (Wildman–Crippen MR) is 167 cm³/mol. The molecule has 44 heavy (non-hydrogen) atoms. The average Bonchev–Trinajstić information content (AvgIpc) is 2.99. The number of ether oxygens (including phenoxy) is 6. The highest BCUT2D eigenvalue weighted by Crippen LogP contribution is 2.35. The number of methoxy groups -OCH3 is 2. The number of hydrazone groups is 1. The molecule has 3 rings (SSSR count). The van der Waals surface area contributed by atoms with Crippen LogP contribution in [-0.2, 0) is 19.1 Å². The molecule has 2 aromatic rings. The number of allylic oxidation sites excluding steroid dienone is 1. The first kappa shape index (κ1) is 34.2. The summed E-state index contributed by atoms with van der Waals surface area (Å²) in [5.74, 6) is 0.213. The molecule has 2 atom stereocenters. The van der Waals surface area contributed by atoms with Crippen molar-refractivity contribution in [2.75, 3.05) is 40.6 Å². The Kier molecular flexibility index (Phi) is 12.9. The van der Waals surface area contributed by atoms with Gasteiger partial charge in [-0.3, -0.25) is 5.43 Å². The fourth-order valence-electron chi connectivity index (χ4n) is 4.14. The number of urea groups is 1. The third-order valence-electron chi connectivity index (χ3n) is 6.01. The molecule has 0 radical (unpaired) electrons. The van der Waals surface area contributed by atoms with Gasteiger partial charge in [0.1, 0.15) is 6.61 Å². The maximum absolute atomic E-state index is 12.4. The molecule has 2 amide bonds. The number of nitrogens with zero attached hydrogens (tertiary/aromatic N) is 1. The third-order valence-corrected chi connectivity index (χ3v) is 6.63. The van der Waals surface area contributed by atoms with E-state index in [4.69, 9.17) is 28.4 Å². The highest BCUT2D eigenvalue weighted by atomic mass is 127. The van der Waals surface area contributed by atoms with Crippen molar-refractivity contribution in [1.29, 1.82) is 0 Å². The van der Waals surface area contributed by atoms with Gasteiger partial charge in [-0.2, -0.15) is 5.10 Å². The van der Waals surface area contributed by atoms with Crippen LogP contribution in [0.25, 0.3) is 0 Å². The summed E-state index contributed by atoms with van der Waals surface area (Å²) in [6, 6.07) is 7.19. The topological polar surface area (TPSA) is 175 Å². The van der Waals surface area contributed by atoms with Crippen LogP contribution < -0.4 is 35.0 Å². The van der Waals surface area contributed by atoms with Gasteiger partial charge in [-0.15, -0.1) is 0 Å². The van der Waals surface area contributed by atoms with Gasteiger partial charge in [-0.25, -0.2) is 14.4 Å². The summed E-state index contributed by atoms with van der Waals surface area (Å²) in [5, 5.41) is 19.9. The molecule has 1 heterocycles. The van der Waals surface area contributed by atoms with Gasteiger partial charge in [0.15, 0.2) is 35.8 Å². The molecule has 0 aromatic heterocycles. The van der Waals surface area contributed by atoms with E-state index in [9.17, 15) is 19.5 Å². The first-order valence-electron chi connectivity index (χ1n) is 13.5. The van der Waals surface area contributed by atoms with Crippen LogP contribution in [0.1, 0.15) is 37.9 Å². The predicted octanol–water partition coefficient (Wildman–Crippen LogP) is 2.76. The fraction of sp³-hybridized carbons (Fsp3) is 0.379. The van der Waals surface area contributed by atoms with E-state index in [-0.39, 0.29) is 31.1 Å². The Hall–Kier alpha value is -4.25. The minimum Gasteiger partial charge on any atom is -0.493 e. The highest BCUT2D eigenvalue weighted by molar-refractivity contribution is 14.1. The molecule has 0 aliphatic carbocycles. The minimum absolute atomic E-state index is 0.213. The van der Waals surface area contributed by atoms with E-state index < -0.39 is 30.2 Å². The van der Waals surface area contributed by atoms with Crippen molar-refractivity contribution in [3.63, 3.8) is 0 Å². The molecule has 0 unspecified atom stereocenters.